The molecule has 0 amide bonds. The Morgan fingerprint density at radius 3 is 2.65 bits per heavy atom. The minimum Gasteiger partial charge on any atom is -0.326 e. The summed E-state index contributed by atoms with van der Waals surface area (Å²) in [5.74, 6) is 0.436. The molecule has 0 spiro atoms. The molecule has 3 rings (SSSR count). The van der Waals surface area contributed by atoms with Gasteiger partial charge in [-0.2, -0.15) is 0 Å². The van der Waals surface area contributed by atoms with Crippen LogP contribution in [0.5, 0.6) is 0 Å². The number of benzene rings is 1. The number of rotatable bonds is 2. The minimum absolute atomic E-state index is 0.117. The van der Waals surface area contributed by atoms with Gasteiger partial charge >= 0.3 is 0 Å². The van der Waals surface area contributed by atoms with E-state index in [4.69, 9.17) is 11.6 Å². The first kappa shape index (κ1) is 13.1. The molecule has 3 aromatic rings. The lowest BCUT2D eigenvalue weighted by Crippen LogP contribution is -2.10. The summed E-state index contributed by atoms with van der Waals surface area (Å²) in [6.45, 7) is 3.94. The molecule has 0 saturated carbocycles. The number of aryl methyl sites for hydroxylation is 2. The van der Waals surface area contributed by atoms with Gasteiger partial charge < -0.3 is 5.32 Å². The topological polar surface area (TPSA) is 57.8 Å². The molecule has 2 N–H and O–H groups in total. The van der Waals surface area contributed by atoms with Gasteiger partial charge in [-0.25, -0.2) is 4.98 Å². The van der Waals surface area contributed by atoms with Crippen molar-refractivity contribution in [1.29, 1.82) is 0 Å². The van der Waals surface area contributed by atoms with Crippen LogP contribution in [0.3, 0.4) is 0 Å². The zero-order valence-corrected chi connectivity index (χ0v) is 12.5. The number of hydrogen-bond donors (Lipinski definition) is 2. The molecular weight excluding hydrogens is 294 g/mol. The van der Waals surface area contributed by atoms with Gasteiger partial charge in [-0.15, -0.1) is 11.3 Å². The van der Waals surface area contributed by atoms with Crippen molar-refractivity contribution in [3.05, 3.63) is 50.1 Å². The number of H-pyrrole nitrogens is 1. The number of nitrogens with zero attached hydrogens (tertiary/aromatic N) is 1. The second kappa shape index (κ2) is 4.92. The van der Waals surface area contributed by atoms with E-state index in [0.29, 0.717) is 16.4 Å². The summed E-state index contributed by atoms with van der Waals surface area (Å²) in [6.07, 6.45) is 0. The molecule has 2 aromatic heterocycles. The predicted molar refractivity (Wildman–Crippen MR) is 84.4 cm³/mol. The van der Waals surface area contributed by atoms with E-state index in [1.807, 2.05) is 26.0 Å². The van der Waals surface area contributed by atoms with E-state index in [-0.39, 0.29) is 5.56 Å². The quantitative estimate of drug-likeness (QED) is 0.752. The third kappa shape index (κ3) is 2.30. The first-order valence-corrected chi connectivity index (χ1v) is 7.26. The Kier molecular flexibility index (Phi) is 3.23. The van der Waals surface area contributed by atoms with Gasteiger partial charge in [0.05, 0.1) is 5.39 Å². The number of anilines is 2. The minimum atomic E-state index is -0.117. The first-order valence-electron chi connectivity index (χ1n) is 6.07. The van der Waals surface area contributed by atoms with E-state index in [1.54, 1.807) is 12.1 Å². The number of halogens is 1. The summed E-state index contributed by atoms with van der Waals surface area (Å²) in [6, 6.07) is 7.22. The van der Waals surface area contributed by atoms with Gasteiger partial charge in [0.2, 0.25) is 5.95 Å². The normalized spacial score (nSPS) is 10.9. The summed E-state index contributed by atoms with van der Waals surface area (Å²) >= 11 is 7.37. The molecule has 0 unspecified atom stereocenters. The number of aromatic nitrogens is 2. The predicted octanol–water partition coefficient (Wildman–Crippen LogP) is 4.00. The summed E-state index contributed by atoms with van der Waals surface area (Å²) < 4.78 is 0. The molecule has 0 aliphatic carbocycles. The van der Waals surface area contributed by atoms with Crippen LogP contribution in [0.15, 0.2) is 29.1 Å². The molecule has 0 bridgehead atoms. The molecule has 0 atom stereocenters. The number of hydrogen-bond acceptors (Lipinski definition) is 4. The maximum Gasteiger partial charge on any atom is 0.261 e. The lowest BCUT2D eigenvalue weighted by molar-refractivity contribution is 1.17. The van der Waals surface area contributed by atoms with Gasteiger partial charge in [0.15, 0.2) is 0 Å². The lowest BCUT2D eigenvalue weighted by Gasteiger charge is -2.05. The van der Waals surface area contributed by atoms with E-state index in [0.717, 1.165) is 21.0 Å². The van der Waals surface area contributed by atoms with Gasteiger partial charge in [0.25, 0.3) is 5.56 Å². The van der Waals surface area contributed by atoms with E-state index in [2.05, 4.69) is 15.3 Å². The lowest BCUT2D eigenvalue weighted by atomic mass is 10.2. The second-order valence-electron chi connectivity index (χ2n) is 4.51. The smallest absolute Gasteiger partial charge is 0.261 e. The van der Waals surface area contributed by atoms with E-state index < -0.39 is 0 Å². The SMILES string of the molecule is Cc1sc2nc(Nc3ccc(Cl)cc3)[nH]c(=O)c2c1C. The largest absolute Gasteiger partial charge is 0.326 e. The van der Waals surface area contributed by atoms with E-state index >= 15 is 0 Å². The highest BCUT2D eigenvalue weighted by atomic mass is 35.5. The van der Waals surface area contributed by atoms with Crippen LogP contribution in [0.2, 0.25) is 5.02 Å². The van der Waals surface area contributed by atoms with Crippen LogP contribution in [-0.4, -0.2) is 9.97 Å². The van der Waals surface area contributed by atoms with Crippen LogP contribution in [0.1, 0.15) is 10.4 Å². The van der Waals surface area contributed by atoms with Crippen LogP contribution in [-0.2, 0) is 0 Å². The highest BCUT2D eigenvalue weighted by Gasteiger charge is 2.11. The monoisotopic (exact) mass is 305 g/mol. The molecule has 0 aliphatic rings. The summed E-state index contributed by atoms with van der Waals surface area (Å²) in [7, 11) is 0. The van der Waals surface area contributed by atoms with Gasteiger partial charge in [-0.05, 0) is 43.7 Å². The van der Waals surface area contributed by atoms with Crippen LogP contribution >= 0.6 is 22.9 Å². The van der Waals surface area contributed by atoms with Crippen molar-refractivity contribution in [2.45, 2.75) is 13.8 Å². The Morgan fingerprint density at radius 1 is 1.25 bits per heavy atom. The summed E-state index contributed by atoms with van der Waals surface area (Å²) in [4.78, 5) is 21.2. The molecule has 4 nitrogen and oxygen atoms in total. The van der Waals surface area contributed by atoms with Crippen molar-refractivity contribution in [2.75, 3.05) is 5.32 Å². The molecule has 0 radical (unpaired) electrons. The highest BCUT2D eigenvalue weighted by molar-refractivity contribution is 7.18. The third-order valence-electron chi connectivity index (χ3n) is 3.15. The molecule has 102 valence electrons. The fraction of sp³-hybridized carbons (Fsp3) is 0.143. The van der Waals surface area contributed by atoms with Crippen LogP contribution in [0.4, 0.5) is 11.6 Å². The van der Waals surface area contributed by atoms with Gasteiger partial charge in [-0.3, -0.25) is 9.78 Å². The van der Waals surface area contributed by atoms with Crippen molar-refractivity contribution in [1.82, 2.24) is 9.97 Å². The fourth-order valence-corrected chi connectivity index (χ4v) is 3.14. The molecule has 0 saturated heterocycles. The summed E-state index contributed by atoms with van der Waals surface area (Å²) in [5, 5.41) is 4.41. The fourth-order valence-electron chi connectivity index (χ4n) is 1.98. The average molecular weight is 306 g/mol. The van der Waals surface area contributed by atoms with Gasteiger partial charge in [0.1, 0.15) is 4.83 Å². The number of fused-ring (bicyclic) bond motifs is 1. The Balaban J connectivity index is 2.05. The Labute approximate surface area is 124 Å². The van der Waals surface area contributed by atoms with Crippen molar-refractivity contribution in [3.63, 3.8) is 0 Å². The van der Waals surface area contributed by atoms with Crippen LogP contribution in [0, 0.1) is 13.8 Å². The average Bonchev–Trinajstić information content (AvgIpc) is 2.68. The molecule has 6 heteroatoms. The van der Waals surface area contributed by atoms with Crippen molar-refractivity contribution in [3.8, 4) is 0 Å². The van der Waals surface area contributed by atoms with Crippen LogP contribution in [0.25, 0.3) is 10.2 Å². The van der Waals surface area contributed by atoms with Gasteiger partial charge in [0, 0.05) is 15.6 Å². The highest BCUT2D eigenvalue weighted by Crippen LogP contribution is 2.27. The standard InChI is InChI=1S/C14H12ClN3OS/c1-7-8(2)20-13-11(7)12(19)17-14(18-13)16-10-5-3-9(15)4-6-10/h3-6H,1-2H3,(H2,16,17,18,19). The van der Waals surface area contributed by atoms with Crippen LogP contribution < -0.4 is 10.9 Å². The number of nitrogens with one attached hydrogen (secondary N) is 2. The maximum atomic E-state index is 12.1. The Morgan fingerprint density at radius 2 is 1.95 bits per heavy atom. The number of thiophene rings is 1. The molecule has 0 fully saturated rings. The zero-order chi connectivity index (χ0) is 14.3. The Bertz CT molecular complexity index is 836. The molecular formula is C14H12ClN3OS. The molecule has 20 heavy (non-hydrogen) atoms. The number of aromatic amines is 1. The Hall–Kier alpha value is -1.85. The van der Waals surface area contributed by atoms with Crippen molar-refractivity contribution < 1.29 is 0 Å². The second-order valence-corrected chi connectivity index (χ2v) is 6.15. The van der Waals surface area contributed by atoms with Gasteiger partial charge in [-0.1, -0.05) is 11.6 Å². The van der Waals surface area contributed by atoms with Crippen molar-refractivity contribution in [2.24, 2.45) is 0 Å². The third-order valence-corrected chi connectivity index (χ3v) is 4.50. The van der Waals surface area contributed by atoms with E-state index in [9.17, 15) is 4.79 Å². The zero-order valence-electron chi connectivity index (χ0n) is 11.0. The maximum absolute atomic E-state index is 12.1. The molecule has 2 heterocycles. The molecule has 0 aliphatic heterocycles. The molecule has 1 aromatic carbocycles. The van der Waals surface area contributed by atoms with E-state index in [1.165, 1.54) is 11.3 Å². The van der Waals surface area contributed by atoms with Crippen molar-refractivity contribution >= 4 is 44.8 Å². The first-order chi connectivity index (χ1) is 9.54. The summed E-state index contributed by atoms with van der Waals surface area (Å²) in [5.41, 5.74) is 1.70.